The summed E-state index contributed by atoms with van der Waals surface area (Å²) in [4.78, 5) is 57.3. The second-order valence-electron chi connectivity index (χ2n) is 13.3. The Morgan fingerprint density at radius 2 is 1.49 bits per heavy atom. The minimum Gasteiger partial charge on any atom is -0.379 e. The van der Waals surface area contributed by atoms with E-state index in [2.05, 4.69) is 58.0 Å². The number of hydrogen-bond acceptors (Lipinski definition) is 6. The number of nitrogens with zero attached hydrogens (tertiary/aromatic N) is 1. The summed E-state index contributed by atoms with van der Waals surface area (Å²) in [6, 6.07) is 14.5. The Kier molecular flexibility index (Phi) is 13.5. The van der Waals surface area contributed by atoms with Gasteiger partial charge in [0.25, 0.3) is 0 Å². The Labute approximate surface area is 305 Å². The maximum atomic E-state index is 14.2. The number of benzene rings is 2. The quantitative estimate of drug-likeness (QED) is 0.163. The summed E-state index contributed by atoms with van der Waals surface area (Å²) >= 11 is 6.94. The number of carbonyl (C=O) groups excluding carboxylic acids is 4. The van der Waals surface area contributed by atoms with Crippen LogP contribution in [0.2, 0.25) is 0 Å². The molecule has 2 aromatic rings. The van der Waals surface area contributed by atoms with Crippen molar-refractivity contribution in [2.75, 3.05) is 39.4 Å². The van der Waals surface area contributed by atoms with Crippen LogP contribution in [0.3, 0.4) is 0 Å². The molecule has 0 spiro atoms. The van der Waals surface area contributed by atoms with Gasteiger partial charge in [-0.3, -0.25) is 24.1 Å². The molecule has 2 aliphatic carbocycles. The first kappa shape index (κ1) is 37.2. The van der Waals surface area contributed by atoms with Crippen molar-refractivity contribution in [2.45, 2.75) is 81.3 Å². The van der Waals surface area contributed by atoms with Crippen LogP contribution in [0.15, 0.2) is 63.6 Å². The van der Waals surface area contributed by atoms with Gasteiger partial charge in [-0.25, -0.2) is 0 Å². The standard InChI is InChI=1S/C37H47Br2N5O5/c38-29-13-11-28(25-30(29)39)12-14-32(45)42-37(17-6-7-18-37)35(48)43-36(15-4-5-16-36)34(47)41-31(26-27-9-2-1-3-10-27)33(46)40-19-8-20-44-21-23-49-24-22-44/h1-3,9-14,25,31H,4-8,15-24,26H2,(H,40,46)(H,41,47)(H,42,45)(H,43,48)/t31-/m1/s1. The predicted molar refractivity (Wildman–Crippen MR) is 197 cm³/mol. The SMILES string of the molecule is O=C(C=Cc1ccc(Br)c(Br)c1)NC1(C(=O)NC2(C(=O)N[C@H](Cc3ccccc3)C(=O)NCCCN3CCOCC3)CCCC2)CCCC1. The van der Waals surface area contributed by atoms with Gasteiger partial charge in [0, 0.05) is 41.1 Å². The predicted octanol–water partition coefficient (Wildman–Crippen LogP) is 4.65. The van der Waals surface area contributed by atoms with E-state index in [1.165, 1.54) is 6.08 Å². The van der Waals surface area contributed by atoms with E-state index in [1.807, 2.05) is 48.5 Å². The molecule has 1 aliphatic heterocycles. The van der Waals surface area contributed by atoms with E-state index in [1.54, 1.807) is 6.08 Å². The Morgan fingerprint density at radius 3 is 2.14 bits per heavy atom. The molecule has 49 heavy (non-hydrogen) atoms. The van der Waals surface area contributed by atoms with Crippen LogP contribution in [-0.2, 0) is 30.3 Å². The van der Waals surface area contributed by atoms with E-state index in [-0.39, 0.29) is 23.6 Å². The fourth-order valence-electron chi connectivity index (χ4n) is 6.99. The molecule has 4 N–H and O–H groups in total. The van der Waals surface area contributed by atoms with Gasteiger partial charge < -0.3 is 26.0 Å². The Bertz CT molecular complexity index is 1490. The maximum absolute atomic E-state index is 14.2. The van der Waals surface area contributed by atoms with Crippen LogP contribution in [0.1, 0.15) is 68.9 Å². The molecule has 2 aromatic carbocycles. The van der Waals surface area contributed by atoms with Crippen LogP contribution in [0.5, 0.6) is 0 Å². The summed E-state index contributed by atoms with van der Waals surface area (Å²) in [6.45, 7) is 4.59. The first-order valence-corrected chi connectivity index (χ1v) is 19.0. The van der Waals surface area contributed by atoms with Gasteiger partial charge in [0.15, 0.2) is 0 Å². The van der Waals surface area contributed by atoms with Gasteiger partial charge in [-0.1, -0.05) is 62.1 Å². The molecule has 2 saturated carbocycles. The lowest BCUT2D eigenvalue weighted by molar-refractivity contribution is -0.139. The molecule has 0 aromatic heterocycles. The highest BCUT2D eigenvalue weighted by molar-refractivity contribution is 9.13. The van der Waals surface area contributed by atoms with E-state index >= 15 is 0 Å². The van der Waals surface area contributed by atoms with E-state index in [0.717, 1.165) is 85.0 Å². The molecule has 4 amide bonds. The van der Waals surface area contributed by atoms with Crippen molar-refractivity contribution in [3.63, 3.8) is 0 Å². The summed E-state index contributed by atoms with van der Waals surface area (Å²) in [6.07, 6.45) is 9.31. The Morgan fingerprint density at radius 1 is 0.837 bits per heavy atom. The van der Waals surface area contributed by atoms with E-state index in [4.69, 9.17) is 4.74 Å². The second kappa shape index (κ2) is 17.7. The first-order valence-electron chi connectivity index (χ1n) is 17.4. The molecule has 12 heteroatoms. The third-order valence-electron chi connectivity index (χ3n) is 9.83. The molecule has 10 nitrogen and oxygen atoms in total. The van der Waals surface area contributed by atoms with Crippen molar-refractivity contribution in [1.82, 2.24) is 26.2 Å². The zero-order chi connectivity index (χ0) is 34.7. The number of amides is 4. The number of halogens is 2. The van der Waals surface area contributed by atoms with Crippen LogP contribution in [-0.4, -0.2) is 85.0 Å². The molecule has 0 radical (unpaired) electrons. The smallest absolute Gasteiger partial charge is 0.246 e. The second-order valence-corrected chi connectivity index (χ2v) is 15.1. The average Bonchev–Trinajstić information content (AvgIpc) is 3.79. The lowest BCUT2D eigenvalue weighted by Gasteiger charge is -2.36. The Balaban J connectivity index is 1.25. The first-order chi connectivity index (χ1) is 23.7. The minimum atomic E-state index is -1.16. The minimum absolute atomic E-state index is 0.247. The average molecular weight is 802 g/mol. The number of nitrogens with one attached hydrogen (secondary N) is 4. The lowest BCUT2D eigenvalue weighted by atomic mass is 9.90. The third-order valence-corrected chi connectivity index (χ3v) is 11.7. The molecule has 0 bridgehead atoms. The molecule has 0 unspecified atom stereocenters. The molecule has 3 aliphatic rings. The van der Waals surface area contributed by atoms with Crippen LogP contribution >= 0.6 is 31.9 Å². The van der Waals surface area contributed by atoms with Gasteiger partial charge in [0.1, 0.15) is 17.1 Å². The lowest BCUT2D eigenvalue weighted by Crippen LogP contribution is -2.66. The Hall–Kier alpha value is -3.06. The van der Waals surface area contributed by atoms with Gasteiger partial charge in [-0.05, 0) is 99.8 Å². The molecular formula is C37H47Br2N5O5. The molecule has 3 fully saturated rings. The fourth-order valence-corrected chi connectivity index (χ4v) is 7.64. The van der Waals surface area contributed by atoms with Crippen molar-refractivity contribution < 1.29 is 23.9 Å². The number of morpholine rings is 1. The number of carbonyl (C=O) groups is 4. The summed E-state index contributed by atoms with van der Waals surface area (Å²) in [5.41, 5.74) is -0.513. The number of hydrogen-bond donors (Lipinski definition) is 4. The highest BCUT2D eigenvalue weighted by atomic mass is 79.9. The van der Waals surface area contributed by atoms with Crippen LogP contribution in [0.25, 0.3) is 6.08 Å². The van der Waals surface area contributed by atoms with Gasteiger partial charge in [-0.2, -0.15) is 0 Å². The zero-order valence-electron chi connectivity index (χ0n) is 27.9. The molecule has 5 rings (SSSR count). The number of ether oxygens (including phenoxy) is 1. The van der Waals surface area contributed by atoms with Gasteiger partial charge in [0.05, 0.1) is 13.2 Å². The van der Waals surface area contributed by atoms with E-state index in [0.29, 0.717) is 38.6 Å². The topological polar surface area (TPSA) is 129 Å². The van der Waals surface area contributed by atoms with E-state index in [9.17, 15) is 19.2 Å². The van der Waals surface area contributed by atoms with Crippen molar-refractivity contribution in [3.8, 4) is 0 Å². The summed E-state index contributed by atoms with van der Waals surface area (Å²) in [7, 11) is 0. The van der Waals surface area contributed by atoms with Gasteiger partial charge in [0.2, 0.25) is 23.6 Å². The maximum Gasteiger partial charge on any atom is 0.246 e. The monoisotopic (exact) mass is 799 g/mol. The summed E-state index contributed by atoms with van der Waals surface area (Å²) < 4.78 is 7.20. The van der Waals surface area contributed by atoms with Crippen molar-refractivity contribution in [3.05, 3.63) is 74.7 Å². The van der Waals surface area contributed by atoms with Crippen LogP contribution in [0, 0.1) is 0 Å². The highest BCUT2D eigenvalue weighted by Gasteiger charge is 2.49. The third kappa shape index (κ3) is 10.2. The molecule has 1 saturated heterocycles. The fraction of sp³-hybridized carbons (Fsp3) is 0.514. The van der Waals surface area contributed by atoms with Crippen molar-refractivity contribution >= 4 is 61.6 Å². The normalized spacial score (nSPS) is 19.3. The van der Waals surface area contributed by atoms with Crippen LogP contribution in [0.4, 0.5) is 0 Å². The van der Waals surface area contributed by atoms with Gasteiger partial charge in [-0.15, -0.1) is 0 Å². The van der Waals surface area contributed by atoms with Gasteiger partial charge >= 0.3 is 0 Å². The molecule has 1 atom stereocenters. The zero-order valence-corrected chi connectivity index (χ0v) is 31.1. The summed E-state index contributed by atoms with van der Waals surface area (Å²) in [5, 5.41) is 12.2. The van der Waals surface area contributed by atoms with Crippen LogP contribution < -0.4 is 21.3 Å². The largest absolute Gasteiger partial charge is 0.379 e. The van der Waals surface area contributed by atoms with Crippen molar-refractivity contribution in [2.24, 2.45) is 0 Å². The highest BCUT2D eigenvalue weighted by Crippen LogP contribution is 2.35. The van der Waals surface area contributed by atoms with E-state index < -0.39 is 17.1 Å². The number of rotatable bonds is 14. The van der Waals surface area contributed by atoms with Crippen molar-refractivity contribution in [1.29, 1.82) is 0 Å². The summed E-state index contributed by atoms with van der Waals surface area (Å²) in [5.74, 6) is -1.32. The molecule has 264 valence electrons. The molecular weight excluding hydrogens is 754 g/mol. The molecule has 1 heterocycles.